The molecule has 8 heteroatoms. The van der Waals surface area contributed by atoms with Gasteiger partial charge in [-0.05, 0) is 47.7 Å². The van der Waals surface area contributed by atoms with Gasteiger partial charge in [0.05, 0.1) is 5.41 Å². The number of aliphatic carboxylic acids is 1. The number of carboxylic acids is 1. The van der Waals surface area contributed by atoms with Crippen molar-refractivity contribution in [2.75, 3.05) is 26.7 Å². The van der Waals surface area contributed by atoms with E-state index in [1.807, 2.05) is 66.5 Å². The topological polar surface area (TPSA) is 108 Å². The monoisotopic (exact) mass is 569 g/mol. The Morgan fingerprint density at radius 3 is 2.12 bits per heavy atom. The Morgan fingerprint density at radius 1 is 0.905 bits per heavy atom. The number of fused-ring (bicyclic) bond motifs is 3. The van der Waals surface area contributed by atoms with E-state index in [1.54, 1.807) is 0 Å². The first-order valence-corrected chi connectivity index (χ1v) is 14.7. The van der Waals surface area contributed by atoms with E-state index in [1.165, 1.54) is 0 Å². The van der Waals surface area contributed by atoms with Gasteiger partial charge in [0, 0.05) is 25.6 Å². The van der Waals surface area contributed by atoms with Crippen LogP contribution in [0.1, 0.15) is 54.7 Å². The fourth-order valence-corrected chi connectivity index (χ4v) is 6.37. The molecule has 1 atom stereocenters. The Labute approximate surface area is 247 Å². The lowest BCUT2D eigenvalue weighted by Gasteiger charge is -2.37. The molecule has 0 heterocycles. The number of amides is 2. The number of hydrogen-bond donors (Lipinski definition) is 3. The van der Waals surface area contributed by atoms with E-state index in [4.69, 9.17) is 4.74 Å². The smallest absolute Gasteiger partial charge is 0.407 e. The van der Waals surface area contributed by atoms with Crippen LogP contribution in [-0.2, 0) is 20.9 Å². The third-order valence-corrected chi connectivity index (χ3v) is 8.60. The summed E-state index contributed by atoms with van der Waals surface area (Å²) in [6.45, 7) is 1.01. The van der Waals surface area contributed by atoms with Gasteiger partial charge in [0.2, 0.25) is 5.91 Å². The maximum atomic E-state index is 13.6. The molecule has 42 heavy (non-hydrogen) atoms. The van der Waals surface area contributed by atoms with Gasteiger partial charge < -0.3 is 20.5 Å². The largest absolute Gasteiger partial charge is 0.480 e. The van der Waals surface area contributed by atoms with Crippen molar-refractivity contribution in [1.29, 1.82) is 0 Å². The van der Waals surface area contributed by atoms with Crippen LogP contribution in [0, 0.1) is 5.41 Å². The predicted molar refractivity (Wildman–Crippen MR) is 161 cm³/mol. The Bertz CT molecular complexity index is 1360. The average Bonchev–Trinajstić information content (AvgIpc) is 3.33. The zero-order chi connectivity index (χ0) is 29.5. The lowest BCUT2D eigenvalue weighted by molar-refractivity contribution is -0.145. The highest BCUT2D eigenvalue weighted by Gasteiger charge is 2.41. The quantitative estimate of drug-likeness (QED) is 0.294. The molecule has 1 fully saturated rings. The van der Waals surface area contributed by atoms with Gasteiger partial charge in [0.15, 0.2) is 0 Å². The lowest BCUT2D eigenvalue weighted by Crippen LogP contribution is -2.55. The van der Waals surface area contributed by atoms with Gasteiger partial charge in [-0.2, -0.15) is 0 Å². The number of rotatable bonds is 11. The van der Waals surface area contributed by atoms with Gasteiger partial charge >= 0.3 is 12.1 Å². The number of hydrogen-bond acceptors (Lipinski definition) is 5. The van der Waals surface area contributed by atoms with Gasteiger partial charge in [-0.1, -0.05) is 98.1 Å². The van der Waals surface area contributed by atoms with Crippen molar-refractivity contribution in [3.05, 3.63) is 95.6 Å². The van der Waals surface area contributed by atoms with Crippen LogP contribution in [0.4, 0.5) is 4.79 Å². The molecule has 0 radical (unpaired) electrons. The van der Waals surface area contributed by atoms with Crippen molar-refractivity contribution >= 4 is 18.0 Å². The molecule has 220 valence electrons. The van der Waals surface area contributed by atoms with Crippen LogP contribution in [0.3, 0.4) is 0 Å². The van der Waals surface area contributed by atoms with E-state index < -0.39 is 23.5 Å². The summed E-state index contributed by atoms with van der Waals surface area (Å²) in [5, 5.41) is 15.6. The van der Waals surface area contributed by atoms with E-state index in [2.05, 4.69) is 34.9 Å². The van der Waals surface area contributed by atoms with E-state index in [0.717, 1.165) is 47.1 Å². The highest BCUT2D eigenvalue weighted by atomic mass is 16.5. The molecule has 0 spiro atoms. The molecule has 0 aliphatic heterocycles. The van der Waals surface area contributed by atoms with Crippen molar-refractivity contribution in [1.82, 2.24) is 15.5 Å². The van der Waals surface area contributed by atoms with Crippen molar-refractivity contribution in [2.24, 2.45) is 5.41 Å². The van der Waals surface area contributed by atoms with Crippen LogP contribution in [0.15, 0.2) is 78.9 Å². The molecule has 0 saturated heterocycles. The van der Waals surface area contributed by atoms with Crippen LogP contribution >= 0.6 is 0 Å². The molecule has 5 rings (SSSR count). The second-order valence-electron chi connectivity index (χ2n) is 11.6. The second-order valence-corrected chi connectivity index (χ2v) is 11.6. The normalized spacial score (nSPS) is 16.2. The molecular formula is C34H39N3O5. The highest BCUT2D eigenvalue weighted by Crippen LogP contribution is 2.44. The maximum absolute atomic E-state index is 13.6. The second kappa shape index (κ2) is 13.2. The Hall–Kier alpha value is -4.17. The summed E-state index contributed by atoms with van der Waals surface area (Å²) in [5.74, 6) is -1.47. The molecule has 0 bridgehead atoms. The van der Waals surface area contributed by atoms with Crippen LogP contribution < -0.4 is 10.6 Å². The first-order valence-electron chi connectivity index (χ1n) is 14.7. The van der Waals surface area contributed by atoms with Crippen LogP contribution in [-0.4, -0.2) is 60.8 Å². The highest BCUT2D eigenvalue weighted by molar-refractivity contribution is 5.88. The summed E-state index contributed by atoms with van der Waals surface area (Å²) >= 11 is 0. The number of carbonyl (C=O) groups is 3. The number of carbonyl (C=O) groups excluding carboxylic acids is 2. The molecule has 3 aromatic carbocycles. The fraction of sp³-hybridized carbons (Fsp3) is 0.382. The number of nitrogens with zero attached hydrogens (tertiary/aromatic N) is 1. The molecular weight excluding hydrogens is 530 g/mol. The number of nitrogens with one attached hydrogen (secondary N) is 2. The van der Waals surface area contributed by atoms with Crippen LogP contribution in [0.2, 0.25) is 0 Å². The lowest BCUT2D eigenvalue weighted by atomic mass is 9.73. The molecule has 2 aliphatic rings. The Kier molecular flexibility index (Phi) is 9.22. The van der Waals surface area contributed by atoms with Gasteiger partial charge in [-0.25, -0.2) is 9.59 Å². The predicted octanol–water partition coefficient (Wildman–Crippen LogP) is 5.18. The van der Waals surface area contributed by atoms with Gasteiger partial charge in [0.25, 0.3) is 0 Å². The van der Waals surface area contributed by atoms with E-state index in [0.29, 0.717) is 19.4 Å². The number of likely N-dealkylation sites (N-methyl/N-ethyl adjacent to an activating group) is 1. The summed E-state index contributed by atoms with van der Waals surface area (Å²) in [6, 6.07) is 25.0. The van der Waals surface area contributed by atoms with Crippen LogP contribution in [0.5, 0.6) is 0 Å². The molecule has 0 aromatic heterocycles. The van der Waals surface area contributed by atoms with Crippen molar-refractivity contribution < 1.29 is 24.2 Å². The van der Waals surface area contributed by atoms with Crippen molar-refractivity contribution in [3.8, 4) is 11.1 Å². The zero-order valence-electron chi connectivity index (χ0n) is 24.1. The van der Waals surface area contributed by atoms with Crippen LogP contribution in [0.25, 0.3) is 11.1 Å². The Morgan fingerprint density at radius 2 is 1.50 bits per heavy atom. The zero-order valence-corrected chi connectivity index (χ0v) is 24.1. The number of benzene rings is 3. The Balaban J connectivity index is 1.19. The third-order valence-electron chi connectivity index (χ3n) is 8.60. The first-order chi connectivity index (χ1) is 20.4. The molecule has 2 aliphatic carbocycles. The first kappa shape index (κ1) is 29.3. The molecule has 1 saturated carbocycles. The summed E-state index contributed by atoms with van der Waals surface area (Å²) < 4.78 is 5.70. The number of ether oxygens (including phenoxy) is 1. The number of alkyl carbamates (subject to hydrolysis) is 1. The molecule has 3 N–H and O–H groups in total. The minimum absolute atomic E-state index is 0.0562. The average molecular weight is 570 g/mol. The molecule has 8 nitrogen and oxygen atoms in total. The molecule has 1 unspecified atom stereocenters. The summed E-state index contributed by atoms with van der Waals surface area (Å²) in [6.07, 6.45) is 3.26. The van der Waals surface area contributed by atoms with E-state index in [9.17, 15) is 19.5 Å². The summed E-state index contributed by atoms with van der Waals surface area (Å²) in [4.78, 5) is 40.6. The van der Waals surface area contributed by atoms with E-state index >= 15 is 0 Å². The van der Waals surface area contributed by atoms with E-state index in [-0.39, 0.29) is 31.5 Å². The van der Waals surface area contributed by atoms with Crippen molar-refractivity contribution in [2.45, 2.75) is 50.6 Å². The molecule has 3 aromatic rings. The van der Waals surface area contributed by atoms with Crippen molar-refractivity contribution in [3.63, 3.8) is 0 Å². The SMILES string of the molecule is CN(Cc1ccccc1)CC(NC(=O)C1(CNC(=O)OCC2c3ccccc3-c3ccccc32)CCCCC1)C(=O)O. The van der Waals surface area contributed by atoms with Gasteiger partial charge in [-0.15, -0.1) is 0 Å². The molecule has 2 amide bonds. The standard InChI is InChI=1S/C34H39N3O5/c1-37(20-24-12-4-2-5-13-24)21-30(31(38)39)36-32(40)34(18-10-3-11-19-34)23-35-33(41)42-22-29-27-16-8-6-14-25(27)26-15-7-9-17-28(26)29/h2,4-9,12-17,29-30H,3,10-11,18-23H2,1H3,(H,35,41)(H,36,40)(H,38,39). The van der Waals surface area contributed by atoms with Gasteiger partial charge in [0.1, 0.15) is 12.6 Å². The number of carboxylic acid groups (broad SMARTS) is 1. The van der Waals surface area contributed by atoms with Gasteiger partial charge in [-0.3, -0.25) is 9.69 Å². The minimum atomic E-state index is -1.08. The summed E-state index contributed by atoms with van der Waals surface area (Å²) in [5.41, 5.74) is 4.75. The third kappa shape index (κ3) is 6.65. The maximum Gasteiger partial charge on any atom is 0.407 e. The minimum Gasteiger partial charge on any atom is -0.480 e. The summed E-state index contributed by atoms with van der Waals surface area (Å²) in [7, 11) is 1.84. The fourth-order valence-electron chi connectivity index (χ4n) is 6.37.